The Labute approximate surface area is 163 Å². The van der Waals surface area contributed by atoms with Gasteiger partial charge in [0.2, 0.25) is 0 Å². The van der Waals surface area contributed by atoms with Gasteiger partial charge in [0, 0.05) is 29.4 Å². The number of thiophene rings is 1. The maximum absolute atomic E-state index is 12.9. The van der Waals surface area contributed by atoms with E-state index in [-0.39, 0.29) is 12.1 Å². The number of carbonyl (C=O) groups is 1. The average Bonchev–Trinajstić information content (AvgIpc) is 3.43. The van der Waals surface area contributed by atoms with Crippen molar-refractivity contribution in [2.45, 2.75) is 18.6 Å². The highest BCUT2D eigenvalue weighted by atomic mass is 32.1. The van der Waals surface area contributed by atoms with Crippen LogP contribution in [-0.2, 0) is 4.74 Å². The third-order valence-corrected chi connectivity index (χ3v) is 6.15. The van der Waals surface area contributed by atoms with Crippen LogP contribution in [0.3, 0.4) is 0 Å². The number of nitrogens with zero attached hydrogens (tertiary/aromatic N) is 3. The molecule has 0 saturated carbocycles. The lowest BCUT2D eigenvalue weighted by Crippen LogP contribution is -2.50. The van der Waals surface area contributed by atoms with E-state index in [2.05, 4.69) is 20.5 Å². The number of morpholine rings is 1. The molecule has 0 spiro atoms. The van der Waals surface area contributed by atoms with Crippen LogP contribution in [0.5, 0.6) is 0 Å². The molecule has 27 heavy (non-hydrogen) atoms. The SMILES string of the molecule is O=C(Nc1cn[nH]c1-c1nccs1)N1CCOCC1CC(O)c1cccs1. The first-order valence-corrected chi connectivity index (χ1v) is 10.3. The molecular weight excluding hydrogens is 386 g/mol. The van der Waals surface area contributed by atoms with Crippen LogP contribution >= 0.6 is 22.7 Å². The normalized spacial score (nSPS) is 18.4. The zero-order chi connectivity index (χ0) is 18.6. The Bertz CT molecular complexity index is 865. The quantitative estimate of drug-likeness (QED) is 0.606. The molecule has 0 radical (unpaired) electrons. The van der Waals surface area contributed by atoms with Crippen LogP contribution in [0.1, 0.15) is 17.4 Å². The third kappa shape index (κ3) is 4.03. The molecule has 2 unspecified atom stereocenters. The smallest absolute Gasteiger partial charge is 0.322 e. The lowest BCUT2D eigenvalue weighted by Gasteiger charge is -2.36. The lowest BCUT2D eigenvalue weighted by molar-refractivity contribution is -0.00382. The van der Waals surface area contributed by atoms with Crippen LogP contribution in [0, 0.1) is 0 Å². The van der Waals surface area contributed by atoms with E-state index in [4.69, 9.17) is 4.74 Å². The molecule has 3 aromatic rings. The molecule has 3 aromatic heterocycles. The number of hydrogen-bond donors (Lipinski definition) is 3. The molecule has 2 amide bonds. The Morgan fingerprint density at radius 1 is 1.48 bits per heavy atom. The van der Waals surface area contributed by atoms with Gasteiger partial charge in [-0.15, -0.1) is 22.7 Å². The number of anilines is 1. The number of aliphatic hydroxyl groups is 1. The Hall–Kier alpha value is -2.27. The van der Waals surface area contributed by atoms with Gasteiger partial charge in [0.15, 0.2) is 0 Å². The first-order valence-electron chi connectivity index (χ1n) is 8.52. The van der Waals surface area contributed by atoms with Crippen LogP contribution < -0.4 is 5.32 Å². The van der Waals surface area contributed by atoms with Crippen molar-refractivity contribution in [1.82, 2.24) is 20.1 Å². The number of thiazole rings is 1. The van der Waals surface area contributed by atoms with E-state index in [9.17, 15) is 9.90 Å². The molecule has 4 heterocycles. The van der Waals surface area contributed by atoms with Gasteiger partial charge >= 0.3 is 6.03 Å². The van der Waals surface area contributed by atoms with E-state index >= 15 is 0 Å². The number of nitrogens with one attached hydrogen (secondary N) is 2. The summed E-state index contributed by atoms with van der Waals surface area (Å²) in [6.45, 7) is 1.35. The van der Waals surface area contributed by atoms with Crippen molar-refractivity contribution in [3.63, 3.8) is 0 Å². The highest BCUT2D eigenvalue weighted by Gasteiger charge is 2.30. The molecule has 1 saturated heterocycles. The zero-order valence-corrected chi connectivity index (χ0v) is 16.0. The predicted octanol–water partition coefficient (Wildman–Crippen LogP) is 2.95. The minimum Gasteiger partial charge on any atom is -0.387 e. The monoisotopic (exact) mass is 405 g/mol. The summed E-state index contributed by atoms with van der Waals surface area (Å²) in [7, 11) is 0. The van der Waals surface area contributed by atoms with Crippen molar-refractivity contribution in [1.29, 1.82) is 0 Å². The van der Waals surface area contributed by atoms with Crippen LogP contribution in [0.25, 0.3) is 10.7 Å². The number of aromatic amines is 1. The Morgan fingerprint density at radius 2 is 2.41 bits per heavy atom. The van der Waals surface area contributed by atoms with E-state index in [0.717, 1.165) is 9.88 Å². The number of H-pyrrole nitrogens is 1. The van der Waals surface area contributed by atoms with Gasteiger partial charge in [-0.2, -0.15) is 5.10 Å². The molecule has 1 aliphatic heterocycles. The van der Waals surface area contributed by atoms with Gasteiger partial charge in [0.05, 0.1) is 37.2 Å². The Morgan fingerprint density at radius 3 is 3.19 bits per heavy atom. The van der Waals surface area contributed by atoms with Gasteiger partial charge in [-0.05, 0) is 11.4 Å². The largest absolute Gasteiger partial charge is 0.387 e. The van der Waals surface area contributed by atoms with Gasteiger partial charge in [-0.3, -0.25) is 5.10 Å². The highest BCUT2D eigenvalue weighted by Crippen LogP contribution is 2.29. The number of amides is 2. The van der Waals surface area contributed by atoms with Crippen LogP contribution in [0.2, 0.25) is 0 Å². The summed E-state index contributed by atoms with van der Waals surface area (Å²) < 4.78 is 5.54. The molecular formula is C17H19N5O3S2. The topological polar surface area (TPSA) is 103 Å². The third-order valence-electron chi connectivity index (χ3n) is 4.38. The van der Waals surface area contributed by atoms with Gasteiger partial charge in [-0.1, -0.05) is 6.07 Å². The van der Waals surface area contributed by atoms with Crippen molar-refractivity contribution in [2.24, 2.45) is 0 Å². The zero-order valence-electron chi connectivity index (χ0n) is 14.4. The summed E-state index contributed by atoms with van der Waals surface area (Å²) in [6.07, 6.45) is 3.09. The van der Waals surface area contributed by atoms with Crippen molar-refractivity contribution in [3.05, 3.63) is 40.2 Å². The first-order chi connectivity index (χ1) is 13.2. The predicted molar refractivity (Wildman–Crippen MR) is 104 cm³/mol. The second kappa shape index (κ2) is 8.17. The van der Waals surface area contributed by atoms with E-state index in [1.165, 1.54) is 22.7 Å². The molecule has 4 rings (SSSR count). The van der Waals surface area contributed by atoms with Crippen molar-refractivity contribution in [2.75, 3.05) is 25.1 Å². The first kappa shape index (κ1) is 18.1. The van der Waals surface area contributed by atoms with E-state index in [0.29, 0.717) is 37.6 Å². The Balaban J connectivity index is 1.46. The highest BCUT2D eigenvalue weighted by molar-refractivity contribution is 7.13. The summed E-state index contributed by atoms with van der Waals surface area (Å²) in [5.41, 5.74) is 1.26. The van der Waals surface area contributed by atoms with Crippen molar-refractivity contribution >= 4 is 34.4 Å². The fourth-order valence-corrected chi connectivity index (χ4v) is 4.42. The van der Waals surface area contributed by atoms with Gasteiger partial charge in [0.1, 0.15) is 10.7 Å². The van der Waals surface area contributed by atoms with E-state index in [1.54, 1.807) is 17.3 Å². The van der Waals surface area contributed by atoms with Crippen LogP contribution in [-0.4, -0.2) is 57.0 Å². The number of aromatic nitrogens is 3. The molecule has 3 N–H and O–H groups in total. The minimum absolute atomic E-state index is 0.203. The maximum atomic E-state index is 12.9. The van der Waals surface area contributed by atoms with Gasteiger partial charge in [0.25, 0.3) is 0 Å². The summed E-state index contributed by atoms with van der Waals surface area (Å²) in [6, 6.07) is 3.37. The molecule has 0 aromatic carbocycles. The number of hydrogen-bond acceptors (Lipinski definition) is 7. The number of urea groups is 1. The molecule has 8 nitrogen and oxygen atoms in total. The molecule has 1 fully saturated rings. The van der Waals surface area contributed by atoms with Gasteiger partial charge < -0.3 is 20.1 Å². The summed E-state index contributed by atoms with van der Waals surface area (Å²) in [5, 5.41) is 24.8. The van der Waals surface area contributed by atoms with E-state index < -0.39 is 6.10 Å². The molecule has 0 aliphatic carbocycles. The van der Waals surface area contributed by atoms with Crippen LogP contribution in [0.15, 0.2) is 35.3 Å². The molecule has 142 valence electrons. The number of aliphatic hydroxyl groups excluding tert-OH is 1. The molecule has 10 heteroatoms. The van der Waals surface area contributed by atoms with Crippen molar-refractivity contribution < 1.29 is 14.6 Å². The average molecular weight is 406 g/mol. The number of rotatable bonds is 5. The summed E-state index contributed by atoms with van der Waals surface area (Å²) in [5.74, 6) is 0. The second-order valence-electron chi connectivity index (χ2n) is 6.12. The van der Waals surface area contributed by atoms with Gasteiger partial charge in [-0.25, -0.2) is 9.78 Å². The lowest BCUT2D eigenvalue weighted by atomic mass is 10.1. The minimum atomic E-state index is -0.619. The standard InChI is InChI=1S/C17H19N5O3S2/c23-13(14-2-1-6-26-14)8-11-10-25-5-4-22(11)17(24)20-12-9-19-21-15(12)16-18-3-7-27-16/h1-3,6-7,9,11,13,23H,4-5,8,10H2,(H,19,21)(H,20,24). The molecule has 1 aliphatic rings. The fourth-order valence-electron chi connectivity index (χ4n) is 3.05. The fraction of sp³-hybridized carbons (Fsp3) is 0.353. The second-order valence-corrected chi connectivity index (χ2v) is 7.99. The Kier molecular flexibility index (Phi) is 5.48. The van der Waals surface area contributed by atoms with E-state index in [1.807, 2.05) is 22.9 Å². The number of ether oxygens (including phenoxy) is 1. The van der Waals surface area contributed by atoms with Crippen LogP contribution in [0.4, 0.5) is 10.5 Å². The summed E-state index contributed by atoms with van der Waals surface area (Å²) in [4.78, 5) is 19.8. The number of carbonyl (C=O) groups excluding carboxylic acids is 1. The van der Waals surface area contributed by atoms with Crippen molar-refractivity contribution in [3.8, 4) is 10.7 Å². The maximum Gasteiger partial charge on any atom is 0.322 e. The summed E-state index contributed by atoms with van der Waals surface area (Å²) >= 11 is 2.97. The molecule has 0 bridgehead atoms. The molecule has 2 atom stereocenters.